The lowest BCUT2D eigenvalue weighted by Crippen LogP contribution is -2.38. The highest BCUT2D eigenvalue weighted by molar-refractivity contribution is 6.14. The van der Waals surface area contributed by atoms with E-state index in [2.05, 4.69) is 10.2 Å². The minimum atomic E-state index is -0.282. The van der Waals surface area contributed by atoms with E-state index < -0.39 is 0 Å². The third-order valence-electron chi connectivity index (χ3n) is 7.23. The molecule has 4 aromatic carbocycles. The summed E-state index contributed by atoms with van der Waals surface area (Å²) in [5.74, 6) is 0.980. The molecule has 8 heteroatoms. The van der Waals surface area contributed by atoms with Crippen molar-refractivity contribution in [3.8, 4) is 17.2 Å². The van der Waals surface area contributed by atoms with Crippen molar-refractivity contribution < 1.29 is 24.2 Å². The highest BCUT2D eigenvalue weighted by atomic mass is 16.5. The van der Waals surface area contributed by atoms with Gasteiger partial charge >= 0.3 is 0 Å². The highest BCUT2D eigenvalue weighted by Gasteiger charge is 2.25. The molecule has 0 bridgehead atoms. The monoisotopic (exact) mass is 551 g/mol. The van der Waals surface area contributed by atoms with Crippen LogP contribution in [0, 0.1) is 0 Å². The Labute approximate surface area is 239 Å². The second kappa shape index (κ2) is 12.6. The minimum absolute atomic E-state index is 0.0878. The van der Waals surface area contributed by atoms with Crippen molar-refractivity contribution in [2.75, 3.05) is 38.8 Å². The largest absolute Gasteiger partial charge is 0.508 e. The number of para-hydroxylation sites is 1. The number of phenols is 1. The first-order valence-corrected chi connectivity index (χ1v) is 13.5. The van der Waals surface area contributed by atoms with Crippen molar-refractivity contribution in [3.63, 3.8) is 0 Å². The van der Waals surface area contributed by atoms with Gasteiger partial charge in [0.15, 0.2) is 11.5 Å². The number of anilines is 2. The number of carbonyl (C=O) groups is 2. The maximum absolute atomic E-state index is 13.7. The van der Waals surface area contributed by atoms with Gasteiger partial charge in [0.2, 0.25) is 0 Å². The highest BCUT2D eigenvalue weighted by Crippen LogP contribution is 2.34. The van der Waals surface area contributed by atoms with Crippen molar-refractivity contribution in [2.24, 2.45) is 0 Å². The fourth-order valence-electron chi connectivity index (χ4n) is 5.09. The molecule has 0 fully saturated rings. The summed E-state index contributed by atoms with van der Waals surface area (Å²) < 4.78 is 10.9. The average molecular weight is 552 g/mol. The molecule has 1 heterocycles. The first-order valence-electron chi connectivity index (χ1n) is 13.5. The number of hydrogen-bond donors (Lipinski definition) is 2. The Bertz CT molecular complexity index is 1520. The number of fused-ring (bicyclic) bond motifs is 1. The summed E-state index contributed by atoms with van der Waals surface area (Å²) in [7, 11) is 3.27. The van der Waals surface area contributed by atoms with E-state index in [0.717, 1.165) is 25.3 Å². The molecule has 1 aliphatic rings. The lowest BCUT2D eigenvalue weighted by Gasteiger charge is -2.29. The van der Waals surface area contributed by atoms with Crippen molar-refractivity contribution in [2.45, 2.75) is 13.0 Å². The number of rotatable bonds is 9. The van der Waals surface area contributed by atoms with E-state index in [1.54, 1.807) is 74.9 Å². The van der Waals surface area contributed by atoms with Crippen LogP contribution in [0.2, 0.25) is 0 Å². The number of hydrogen-bond acceptors (Lipinski definition) is 6. The van der Waals surface area contributed by atoms with Crippen molar-refractivity contribution in [1.82, 2.24) is 10.2 Å². The van der Waals surface area contributed by atoms with Crippen LogP contribution in [0.15, 0.2) is 91.0 Å². The summed E-state index contributed by atoms with van der Waals surface area (Å²) in [6.07, 6.45) is 0.885. The van der Waals surface area contributed by atoms with E-state index >= 15 is 0 Å². The molecule has 0 saturated heterocycles. The smallest absolute Gasteiger partial charge is 0.262 e. The fourth-order valence-corrected chi connectivity index (χ4v) is 5.09. The van der Waals surface area contributed by atoms with Crippen LogP contribution < -0.4 is 19.7 Å². The Morgan fingerprint density at radius 3 is 2.24 bits per heavy atom. The number of ether oxygens (including phenoxy) is 2. The first-order chi connectivity index (χ1) is 20.0. The summed E-state index contributed by atoms with van der Waals surface area (Å²) in [4.78, 5) is 31.0. The van der Waals surface area contributed by atoms with Crippen LogP contribution in [0.25, 0.3) is 0 Å². The third kappa shape index (κ3) is 6.18. The predicted molar refractivity (Wildman–Crippen MR) is 158 cm³/mol. The van der Waals surface area contributed by atoms with Gasteiger partial charge < -0.3 is 19.9 Å². The Balaban J connectivity index is 1.32. The van der Waals surface area contributed by atoms with Gasteiger partial charge in [-0.15, -0.1) is 0 Å². The van der Waals surface area contributed by atoms with Crippen molar-refractivity contribution >= 4 is 23.2 Å². The SMILES string of the molecule is COc1cc2c(cc1OC)CN(CCNC(=O)c1ccccc1N(C(=O)c1ccccc1)c1ccc(O)cc1)CC2. The van der Waals surface area contributed by atoms with Gasteiger partial charge in [-0.05, 0) is 78.2 Å². The molecule has 0 spiro atoms. The molecule has 0 aliphatic carbocycles. The van der Waals surface area contributed by atoms with Gasteiger partial charge in [-0.3, -0.25) is 19.4 Å². The minimum Gasteiger partial charge on any atom is -0.508 e. The number of nitrogens with one attached hydrogen (secondary N) is 1. The summed E-state index contributed by atoms with van der Waals surface area (Å²) in [6, 6.07) is 26.4. The number of aromatic hydroxyl groups is 1. The van der Waals surface area contributed by atoms with E-state index in [1.807, 2.05) is 18.2 Å². The topological polar surface area (TPSA) is 91.3 Å². The molecule has 210 valence electrons. The third-order valence-corrected chi connectivity index (χ3v) is 7.23. The number of amides is 2. The van der Waals surface area contributed by atoms with Gasteiger partial charge in [0.05, 0.1) is 25.5 Å². The molecule has 5 rings (SSSR count). The second-order valence-electron chi connectivity index (χ2n) is 9.80. The van der Waals surface area contributed by atoms with Gasteiger partial charge in [0, 0.05) is 37.4 Å². The molecular weight excluding hydrogens is 518 g/mol. The molecule has 8 nitrogen and oxygen atoms in total. The van der Waals surface area contributed by atoms with Crippen LogP contribution in [0.4, 0.5) is 11.4 Å². The zero-order valence-electron chi connectivity index (χ0n) is 23.2. The summed E-state index contributed by atoms with van der Waals surface area (Å²) >= 11 is 0. The van der Waals surface area contributed by atoms with Crippen LogP contribution >= 0.6 is 0 Å². The van der Waals surface area contributed by atoms with E-state index in [0.29, 0.717) is 41.3 Å². The number of nitrogens with zero attached hydrogens (tertiary/aromatic N) is 2. The molecule has 0 aromatic heterocycles. The molecule has 41 heavy (non-hydrogen) atoms. The Hall–Kier alpha value is -4.82. The zero-order chi connectivity index (χ0) is 28.8. The van der Waals surface area contributed by atoms with Crippen molar-refractivity contribution in [3.05, 3.63) is 113 Å². The lowest BCUT2D eigenvalue weighted by molar-refractivity contribution is 0.0948. The van der Waals surface area contributed by atoms with Crippen LogP contribution in [-0.2, 0) is 13.0 Å². The van der Waals surface area contributed by atoms with E-state index in [1.165, 1.54) is 28.2 Å². The van der Waals surface area contributed by atoms with Gasteiger partial charge in [-0.25, -0.2) is 0 Å². The first kappa shape index (κ1) is 27.7. The molecule has 1 aliphatic heterocycles. The van der Waals surface area contributed by atoms with Crippen LogP contribution in [0.1, 0.15) is 31.8 Å². The number of methoxy groups -OCH3 is 2. The second-order valence-corrected chi connectivity index (χ2v) is 9.80. The van der Waals surface area contributed by atoms with Gasteiger partial charge in [0.25, 0.3) is 11.8 Å². The number of benzene rings is 4. The summed E-state index contributed by atoms with van der Waals surface area (Å²) in [5.41, 5.74) is 4.29. The zero-order valence-corrected chi connectivity index (χ0v) is 23.2. The molecule has 2 N–H and O–H groups in total. The van der Waals surface area contributed by atoms with Crippen LogP contribution in [0.5, 0.6) is 17.2 Å². The van der Waals surface area contributed by atoms with Crippen LogP contribution in [0.3, 0.4) is 0 Å². The summed E-state index contributed by atoms with van der Waals surface area (Å²) in [6.45, 7) is 2.74. The Morgan fingerprint density at radius 2 is 1.54 bits per heavy atom. The van der Waals surface area contributed by atoms with Crippen LogP contribution in [-0.4, -0.2) is 55.7 Å². The lowest BCUT2D eigenvalue weighted by atomic mass is 9.99. The maximum Gasteiger partial charge on any atom is 0.262 e. The maximum atomic E-state index is 13.7. The molecule has 4 aromatic rings. The van der Waals surface area contributed by atoms with E-state index in [9.17, 15) is 14.7 Å². The average Bonchev–Trinajstić information content (AvgIpc) is 3.01. The molecule has 2 amide bonds. The Morgan fingerprint density at radius 1 is 0.878 bits per heavy atom. The van der Waals surface area contributed by atoms with Gasteiger partial charge in [0.1, 0.15) is 5.75 Å². The molecular formula is C33H33N3O5. The van der Waals surface area contributed by atoms with Gasteiger partial charge in [-0.1, -0.05) is 30.3 Å². The molecule has 0 saturated carbocycles. The molecule has 0 radical (unpaired) electrons. The van der Waals surface area contributed by atoms with E-state index in [-0.39, 0.29) is 17.6 Å². The molecule has 0 atom stereocenters. The van der Waals surface area contributed by atoms with Crippen molar-refractivity contribution in [1.29, 1.82) is 0 Å². The quantitative estimate of drug-likeness (QED) is 0.298. The fraction of sp³-hybridized carbons (Fsp3) is 0.212. The number of phenolic OH excluding ortho intramolecular Hbond substituents is 1. The normalized spacial score (nSPS) is 12.7. The van der Waals surface area contributed by atoms with E-state index in [4.69, 9.17) is 9.47 Å². The predicted octanol–water partition coefficient (Wildman–Crippen LogP) is 5.18. The molecule has 0 unspecified atom stereocenters. The number of carbonyl (C=O) groups excluding carboxylic acids is 2. The van der Waals surface area contributed by atoms with Gasteiger partial charge in [-0.2, -0.15) is 0 Å². The summed E-state index contributed by atoms with van der Waals surface area (Å²) in [5, 5.41) is 12.9. The standard InChI is InChI=1S/C33H33N3O5/c1-40-30-20-24-16-18-35(22-25(24)21-31(30)41-2)19-17-34-32(38)28-10-6-7-11-29(28)36(26-12-14-27(37)15-13-26)33(39)23-8-4-3-5-9-23/h3-15,20-21,37H,16-19,22H2,1-2H3,(H,34,38). The Kier molecular flexibility index (Phi) is 8.50.